The van der Waals surface area contributed by atoms with E-state index in [2.05, 4.69) is 17.2 Å². The number of rotatable bonds is 12. The number of carbonyl (C=O) groups excluding carboxylic acids is 2. The zero-order chi connectivity index (χ0) is 41.3. The lowest BCUT2D eigenvalue weighted by Gasteiger charge is -2.22. The van der Waals surface area contributed by atoms with Crippen LogP contribution in [0.5, 0.6) is 23.0 Å². The Balaban J connectivity index is 1.55. The minimum Gasteiger partial charge on any atom is -0.507 e. The molecule has 0 fully saturated rings. The van der Waals surface area contributed by atoms with Gasteiger partial charge in [-0.2, -0.15) is 10.2 Å². The quantitative estimate of drug-likeness (QED) is 0.0741. The number of amides is 2. The van der Waals surface area contributed by atoms with Crippen molar-refractivity contribution in [3.63, 3.8) is 0 Å². The molecule has 0 saturated heterocycles. The molecule has 1 aliphatic rings. The number of para-hydroxylation sites is 3. The van der Waals surface area contributed by atoms with Gasteiger partial charge in [0.2, 0.25) is 0 Å². The van der Waals surface area contributed by atoms with Gasteiger partial charge in [0.15, 0.2) is 13.2 Å². The van der Waals surface area contributed by atoms with Crippen molar-refractivity contribution in [2.45, 2.75) is 39.0 Å². The van der Waals surface area contributed by atoms with E-state index in [9.17, 15) is 24.8 Å². The number of nitrogens with zero attached hydrogens (tertiary/aromatic N) is 5. The topological polar surface area (TPSA) is 156 Å². The molecule has 1 N–H and O–H groups in total. The molecule has 13 nitrogen and oxygen atoms in total. The smallest absolute Gasteiger partial charge is 0.269 e. The van der Waals surface area contributed by atoms with Crippen LogP contribution < -0.4 is 14.2 Å². The van der Waals surface area contributed by atoms with Crippen LogP contribution >= 0.6 is 0 Å². The molecule has 0 aliphatic heterocycles. The summed E-state index contributed by atoms with van der Waals surface area (Å²) in [6, 6.07) is 26.9. The van der Waals surface area contributed by atoms with Gasteiger partial charge < -0.3 is 29.1 Å². The summed E-state index contributed by atoms with van der Waals surface area (Å²) < 4.78 is 19.2. The predicted octanol–water partition coefficient (Wildman–Crippen LogP) is 8.12. The molecule has 0 atom stereocenters. The van der Waals surface area contributed by atoms with Gasteiger partial charge in [-0.1, -0.05) is 61.5 Å². The SMILES string of the molecule is CCCOc1c2cccc1Cc1cccc(c1OCC(=O)N(C)C)Cc1cc(N=Nc3ccc([N+](=O)[O-])cc3)cc(c1O)Cc1cccc(c1OCC(=O)N(C)C)C2. The molecular weight excluding hydrogens is 739 g/mol. The van der Waals surface area contributed by atoms with Gasteiger partial charge in [0.25, 0.3) is 17.5 Å². The van der Waals surface area contributed by atoms with E-state index in [1.807, 2.05) is 54.6 Å². The Hall–Kier alpha value is -6.76. The normalized spacial score (nSPS) is 12.2. The summed E-state index contributed by atoms with van der Waals surface area (Å²) in [4.78, 5) is 39.4. The molecule has 0 heterocycles. The number of hydrogen-bond donors (Lipinski definition) is 1. The van der Waals surface area contributed by atoms with E-state index in [1.165, 1.54) is 34.1 Å². The number of hydrogen-bond acceptors (Lipinski definition) is 10. The highest BCUT2D eigenvalue weighted by molar-refractivity contribution is 5.78. The molecule has 6 rings (SSSR count). The molecule has 0 saturated carbocycles. The molecule has 0 spiro atoms. The Kier molecular flexibility index (Phi) is 13.0. The number of carbonyl (C=O) groups is 2. The second-order valence-corrected chi connectivity index (χ2v) is 14.5. The summed E-state index contributed by atoms with van der Waals surface area (Å²) in [5.41, 5.74) is 6.82. The zero-order valence-electron chi connectivity index (χ0n) is 33.4. The van der Waals surface area contributed by atoms with Crippen LogP contribution in [0.3, 0.4) is 0 Å². The highest BCUT2D eigenvalue weighted by Gasteiger charge is 2.23. The van der Waals surface area contributed by atoms with Crippen LogP contribution in [0, 0.1) is 10.1 Å². The van der Waals surface area contributed by atoms with E-state index < -0.39 is 4.92 Å². The lowest BCUT2D eigenvalue weighted by Crippen LogP contribution is -2.28. The molecule has 0 radical (unpaired) electrons. The van der Waals surface area contributed by atoms with E-state index in [0.29, 0.717) is 53.4 Å². The average Bonchev–Trinajstić information content (AvgIpc) is 3.20. The Bertz CT molecular complexity index is 2220. The molecule has 5 aromatic carbocycles. The third kappa shape index (κ3) is 9.78. The molecule has 0 unspecified atom stereocenters. The molecular formula is C45H47N5O8. The molecule has 13 heteroatoms. The number of ether oxygens (including phenoxy) is 3. The summed E-state index contributed by atoms with van der Waals surface area (Å²) in [6.07, 6.45) is 2.07. The molecule has 2 amide bonds. The summed E-state index contributed by atoms with van der Waals surface area (Å²) in [7, 11) is 6.70. The average molecular weight is 786 g/mol. The Morgan fingerprint density at radius 2 is 1.00 bits per heavy atom. The number of azo groups is 1. The van der Waals surface area contributed by atoms with Gasteiger partial charge in [0.05, 0.1) is 22.9 Å². The van der Waals surface area contributed by atoms with Gasteiger partial charge in [0, 0.05) is 77.1 Å². The van der Waals surface area contributed by atoms with Crippen LogP contribution in [0.25, 0.3) is 0 Å². The number of aromatic hydroxyl groups is 1. The van der Waals surface area contributed by atoms with Crippen molar-refractivity contribution < 1.29 is 33.8 Å². The van der Waals surface area contributed by atoms with Crippen molar-refractivity contribution in [1.82, 2.24) is 9.80 Å². The summed E-state index contributed by atoms with van der Waals surface area (Å²) >= 11 is 0. The monoisotopic (exact) mass is 785 g/mol. The van der Waals surface area contributed by atoms with Crippen molar-refractivity contribution >= 4 is 28.9 Å². The Labute approximate surface area is 337 Å². The Morgan fingerprint density at radius 3 is 1.38 bits per heavy atom. The fourth-order valence-corrected chi connectivity index (χ4v) is 6.68. The van der Waals surface area contributed by atoms with E-state index in [4.69, 9.17) is 14.2 Å². The molecule has 8 bridgehead atoms. The molecule has 300 valence electrons. The maximum atomic E-state index is 12.9. The standard InChI is InChI=1S/C45H47N5O8/c1-6-20-56-43-29-10-7-11-30(43)22-32-13-9-15-34(45(32)58-28-41(52)49(4)5)24-36-26-38(47-46-37-16-18-39(19-17-37)50(54)55)25-35(42(36)53)23-33-14-8-12-31(21-29)44(33)57-27-40(51)48(2)3/h7-19,25-26,53H,6,20-24,27-28H2,1-5H3. The van der Waals surface area contributed by atoms with Gasteiger partial charge in [-0.15, -0.1) is 0 Å². The number of nitro groups is 1. The minimum absolute atomic E-state index is 0.0308. The highest BCUT2D eigenvalue weighted by Crippen LogP contribution is 2.40. The molecule has 58 heavy (non-hydrogen) atoms. The van der Waals surface area contributed by atoms with Crippen molar-refractivity contribution in [1.29, 1.82) is 0 Å². The number of benzene rings is 5. The first kappa shape index (κ1) is 40.9. The first-order valence-corrected chi connectivity index (χ1v) is 19.0. The second kappa shape index (κ2) is 18.5. The van der Waals surface area contributed by atoms with E-state index in [0.717, 1.165) is 45.6 Å². The van der Waals surface area contributed by atoms with Gasteiger partial charge in [-0.05, 0) is 64.1 Å². The van der Waals surface area contributed by atoms with Crippen LogP contribution in [0.1, 0.15) is 57.9 Å². The van der Waals surface area contributed by atoms with Crippen molar-refractivity contribution in [3.05, 3.63) is 146 Å². The van der Waals surface area contributed by atoms with Crippen LogP contribution in [0.4, 0.5) is 17.1 Å². The Morgan fingerprint density at radius 1 is 0.621 bits per heavy atom. The maximum Gasteiger partial charge on any atom is 0.269 e. The number of nitro benzene ring substituents is 1. The minimum atomic E-state index is -0.481. The van der Waals surface area contributed by atoms with Crippen LogP contribution in [0.15, 0.2) is 101 Å². The fourth-order valence-electron chi connectivity index (χ4n) is 6.68. The van der Waals surface area contributed by atoms with Gasteiger partial charge in [-0.3, -0.25) is 19.7 Å². The van der Waals surface area contributed by atoms with Gasteiger partial charge in [0.1, 0.15) is 23.0 Å². The number of fused-ring (bicyclic) bond motifs is 8. The first-order valence-electron chi connectivity index (χ1n) is 19.0. The first-order chi connectivity index (χ1) is 27.9. The molecule has 0 aromatic heterocycles. The summed E-state index contributed by atoms with van der Waals surface area (Å²) in [5, 5.41) is 32.1. The third-order valence-corrected chi connectivity index (χ3v) is 9.78. The fraction of sp³-hybridized carbons (Fsp3) is 0.289. The van der Waals surface area contributed by atoms with Crippen molar-refractivity contribution in [2.24, 2.45) is 10.2 Å². The highest BCUT2D eigenvalue weighted by atomic mass is 16.6. The van der Waals surface area contributed by atoms with E-state index in [1.54, 1.807) is 40.3 Å². The van der Waals surface area contributed by atoms with Crippen molar-refractivity contribution in [3.8, 4) is 23.0 Å². The van der Waals surface area contributed by atoms with E-state index in [-0.39, 0.29) is 49.3 Å². The molecule has 5 aromatic rings. The summed E-state index contributed by atoms with van der Waals surface area (Å²) in [6.45, 7) is 2.18. The predicted molar refractivity (Wildman–Crippen MR) is 220 cm³/mol. The third-order valence-electron chi connectivity index (χ3n) is 9.78. The van der Waals surface area contributed by atoms with E-state index >= 15 is 0 Å². The number of phenols is 1. The second-order valence-electron chi connectivity index (χ2n) is 14.5. The van der Waals surface area contributed by atoms with Crippen molar-refractivity contribution in [2.75, 3.05) is 48.0 Å². The van der Waals surface area contributed by atoms with Crippen LogP contribution in [-0.4, -0.2) is 79.7 Å². The number of non-ortho nitro benzene ring substituents is 1. The van der Waals surface area contributed by atoms with Gasteiger partial charge >= 0.3 is 0 Å². The lowest BCUT2D eigenvalue weighted by atomic mass is 9.91. The maximum absolute atomic E-state index is 12.9. The van der Waals surface area contributed by atoms with Crippen LogP contribution in [-0.2, 0) is 35.3 Å². The largest absolute Gasteiger partial charge is 0.507 e. The lowest BCUT2D eigenvalue weighted by molar-refractivity contribution is -0.384. The summed E-state index contributed by atoms with van der Waals surface area (Å²) in [5.74, 6) is 1.43. The van der Waals surface area contributed by atoms with Crippen LogP contribution in [0.2, 0.25) is 0 Å². The number of likely N-dealkylation sites (N-methyl/N-ethyl adjacent to an activating group) is 2. The van der Waals surface area contributed by atoms with Gasteiger partial charge in [-0.25, -0.2) is 0 Å². The zero-order valence-corrected chi connectivity index (χ0v) is 33.4. The number of phenolic OH excluding ortho intramolecular Hbond substituents is 1. The molecule has 1 aliphatic carbocycles.